The molecular formula is C14H27N3O. The highest BCUT2D eigenvalue weighted by atomic mass is 16.2. The van der Waals surface area contributed by atoms with Crippen molar-refractivity contribution in [3.8, 4) is 0 Å². The molecule has 0 saturated carbocycles. The van der Waals surface area contributed by atoms with Crippen LogP contribution in [0.3, 0.4) is 0 Å². The molecule has 0 bridgehead atoms. The monoisotopic (exact) mass is 253 g/mol. The summed E-state index contributed by atoms with van der Waals surface area (Å²) in [5.41, 5.74) is 0. The molecule has 2 aliphatic heterocycles. The predicted octanol–water partition coefficient (Wildman–Crippen LogP) is 0.785. The molecule has 2 aliphatic rings. The van der Waals surface area contributed by atoms with Crippen molar-refractivity contribution in [1.82, 2.24) is 15.1 Å². The SMILES string of the molecule is CCN1CCC(N(C)C(=O)C2CNCC2C)CC1. The van der Waals surface area contributed by atoms with Crippen LogP contribution >= 0.6 is 0 Å². The van der Waals surface area contributed by atoms with Gasteiger partial charge in [-0.15, -0.1) is 0 Å². The van der Waals surface area contributed by atoms with Crippen LogP contribution in [-0.2, 0) is 4.79 Å². The van der Waals surface area contributed by atoms with Crippen molar-refractivity contribution < 1.29 is 4.79 Å². The fourth-order valence-electron chi connectivity index (χ4n) is 3.21. The number of nitrogens with one attached hydrogen (secondary N) is 1. The van der Waals surface area contributed by atoms with Crippen LogP contribution in [0.2, 0.25) is 0 Å². The third-order valence-electron chi connectivity index (χ3n) is 4.73. The van der Waals surface area contributed by atoms with Gasteiger partial charge in [0.15, 0.2) is 0 Å². The van der Waals surface area contributed by atoms with Gasteiger partial charge in [-0.3, -0.25) is 4.79 Å². The molecule has 2 fully saturated rings. The van der Waals surface area contributed by atoms with Crippen LogP contribution in [0, 0.1) is 11.8 Å². The summed E-state index contributed by atoms with van der Waals surface area (Å²) in [6.07, 6.45) is 2.26. The van der Waals surface area contributed by atoms with Gasteiger partial charge in [0.25, 0.3) is 0 Å². The first kappa shape index (κ1) is 13.8. The van der Waals surface area contributed by atoms with E-state index in [1.807, 2.05) is 11.9 Å². The summed E-state index contributed by atoms with van der Waals surface area (Å²) < 4.78 is 0. The molecule has 1 amide bonds. The van der Waals surface area contributed by atoms with Crippen molar-refractivity contribution in [3.63, 3.8) is 0 Å². The van der Waals surface area contributed by atoms with E-state index >= 15 is 0 Å². The molecule has 2 saturated heterocycles. The molecule has 0 aromatic rings. The lowest BCUT2D eigenvalue weighted by atomic mass is 9.94. The molecule has 0 aromatic carbocycles. The standard InChI is InChI=1S/C14H27N3O/c1-4-17-7-5-12(6-8-17)16(3)14(18)13-10-15-9-11(13)2/h11-13,15H,4-10H2,1-3H3. The van der Waals surface area contributed by atoms with Gasteiger partial charge in [0, 0.05) is 32.7 Å². The van der Waals surface area contributed by atoms with Crippen molar-refractivity contribution >= 4 is 5.91 Å². The summed E-state index contributed by atoms with van der Waals surface area (Å²) in [5, 5.41) is 3.32. The molecule has 2 unspecified atom stereocenters. The number of nitrogens with zero attached hydrogens (tertiary/aromatic N) is 2. The molecule has 4 nitrogen and oxygen atoms in total. The summed E-state index contributed by atoms with van der Waals surface area (Å²) in [6, 6.07) is 0.452. The molecule has 2 heterocycles. The highest BCUT2D eigenvalue weighted by Gasteiger charge is 2.34. The average Bonchev–Trinajstić information content (AvgIpc) is 2.83. The first-order valence-corrected chi connectivity index (χ1v) is 7.33. The van der Waals surface area contributed by atoms with Gasteiger partial charge in [0.1, 0.15) is 0 Å². The van der Waals surface area contributed by atoms with Crippen LogP contribution in [0.15, 0.2) is 0 Å². The van der Waals surface area contributed by atoms with Gasteiger partial charge in [0.05, 0.1) is 5.92 Å². The van der Waals surface area contributed by atoms with Crippen LogP contribution in [-0.4, -0.2) is 61.5 Å². The van der Waals surface area contributed by atoms with E-state index in [-0.39, 0.29) is 5.92 Å². The zero-order valence-electron chi connectivity index (χ0n) is 12.0. The first-order chi connectivity index (χ1) is 8.63. The van der Waals surface area contributed by atoms with Crippen LogP contribution < -0.4 is 5.32 Å². The van der Waals surface area contributed by atoms with E-state index in [0.717, 1.165) is 45.6 Å². The molecule has 2 atom stereocenters. The molecule has 0 aromatic heterocycles. The van der Waals surface area contributed by atoms with Gasteiger partial charge in [-0.25, -0.2) is 0 Å². The lowest BCUT2D eigenvalue weighted by molar-refractivity contribution is -0.137. The second kappa shape index (κ2) is 6.02. The Labute approximate surface area is 111 Å². The fraction of sp³-hybridized carbons (Fsp3) is 0.929. The number of hydrogen-bond donors (Lipinski definition) is 1. The normalized spacial score (nSPS) is 30.6. The summed E-state index contributed by atoms with van der Waals surface area (Å²) in [7, 11) is 2.00. The molecule has 0 aliphatic carbocycles. The van der Waals surface area contributed by atoms with Gasteiger partial charge in [0.2, 0.25) is 5.91 Å². The van der Waals surface area contributed by atoms with E-state index in [2.05, 4.69) is 24.1 Å². The Kier molecular flexibility index (Phi) is 4.62. The Bertz CT molecular complexity index is 287. The maximum atomic E-state index is 12.5. The molecule has 4 heteroatoms. The quantitative estimate of drug-likeness (QED) is 0.807. The predicted molar refractivity (Wildman–Crippen MR) is 73.4 cm³/mol. The van der Waals surface area contributed by atoms with Crippen molar-refractivity contribution in [2.45, 2.75) is 32.7 Å². The van der Waals surface area contributed by atoms with Gasteiger partial charge >= 0.3 is 0 Å². The zero-order chi connectivity index (χ0) is 13.1. The number of carbonyl (C=O) groups is 1. The zero-order valence-corrected chi connectivity index (χ0v) is 12.0. The molecule has 0 spiro atoms. The van der Waals surface area contributed by atoms with Gasteiger partial charge in [-0.05, 0) is 31.8 Å². The van der Waals surface area contributed by atoms with Crippen molar-refractivity contribution in [3.05, 3.63) is 0 Å². The Morgan fingerprint density at radius 1 is 1.33 bits per heavy atom. The fourth-order valence-corrected chi connectivity index (χ4v) is 3.21. The summed E-state index contributed by atoms with van der Waals surface area (Å²) >= 11 is 0. The Balaban J connectivity index is 1.87. The molecular weight excluding hydrogens is 226 g/mol. The smallest absolute Gasteiger partial charge is 0.227 e. The average molecular weight is 253 g/mol. The minimum atomic E-state index is 0.194. The van der Waals surface area contributed by atoms with E-state index in [4.69, 9.17) is 0 Å². The molecule has 0 radical (unpaired) electrons. The number of piperidine rings is 1. The number of hydrogen-bond acceptors (Lipinski definition) is 3. The number of amides is 1. The van der Waals surface area contributed by atoms with E-state index in [9.17, 15) is 4.79 Å². The molecule has 104 valence electrons. The number of rotatable bonds is 3. The van der Waals surface area contributed by atoms with E-state index < -0.39 is 0 Å². The number of carbonyl (C=O) groups excluding carboxylic acids is 1. The maximum absolute atomic E-state index is 12.5. The Hall–Kier alpha value is -0.610. The van der Waals surface area contributed by atoms with Crippen molar-refractivity contribution in [2.75, 3.05) is 39.8 Å². The lowest BCUT2D eigenvalue weighted by Crippen LogP contribution is -2.48. The van der Waals surface area contributed by atoms with Gasteiger partial charge in [-0.1, -0.05) is 13.8 Å². The molecule has 18 heavy (non-hydrogen) atoms. The topological polar surface area (TPSA) is 35.6 Å². The lowest BCUT2D eigenvalue weighted by Gasteiger charge is -2.37. The summed E-state index contributed by atoms with van der Waals surface area (Å²) in [5.74, 6) is 1.03. The first-order valence-electron chi connectivity index (χ1n) is 7.33. The highest BCUT2D eigenvalue weighted by Crippen LogP contribution is 2.22. The molecule has 1 N–H and O–H groups in total. The summed E-state index contributed by atoms with van der Waals surface area (Å²) in [4.78, 5) is 17.0. The second-order valence-corrected chi connectivity index (χ2v) is 5.86. The third kappa shape index (κ3) is 2.86. The van der Waals surface area contributed by atoms with E-state index in [0.29, 0.717) is 17.9 Å². The van der Waals surface area contributed by atoms with Crippen LogP contribution in [0.4, 0.5) is 0 Å². The Morgan fingerprint density at radius 3 is 2.50 bits per heavy atom. The van der Waals surface area contributed by atoms with Crippen LogP contribution in [0.5, 0.6) is 0 Å². The molecule has 2 rings (SSSR count). The van der Waals surface area contributed by atoms with E-state index in [1.165, 1.54) is 0 Å². The van der Waals surface area contributed by atoms with Crippen LogP contribution in [0.1, 0.15) is 26.7 Å². The largest absolute Gasteiger partial charge is 0.342 e. The second-order valence-electron chi connectivity index (χ2n) is 5.86. The third-order valence-corrected chi connectivity index (χ3v) is 4.73. The van der Waals surface area contributed by atoms with Gasteiger partial charge in [-0.2, -0.15) is 0 Å². The van der Waals surface area contributed by atoms with Crippen molar-refractivity contribution in [2.24, 2.45) is 11.8 Å². The van der Waals surface area contributed by atoms with E-state index in [1.54, 1.807) is 0 Å². The minimum absolute atomic E-state index is 0.194. The minimum Gasteiger partial charge on any atom is -0.342 e. The Morgan fingerprint density at radius 2 is 2.00 bits per heavy atom. The van der Waals surface area contributed by atoms with Crippen molar-refractivity contribution in [1.29, 1.82) is 0 Å². The van der Waals surface area contributed by atoms with Gasteiger partial charge < -0.3 is 15.1 Å². The number of likely N-dealkylation sites (tertiary alicyclic amines) is 1. The highest BCUT2D eigenvalue weighted by molar-refractivity contribution is 5.79. The van der Waals surface area contributed by atoms with Crippen LogP contribution in [0.25, 0.3) is 0 Å². The maximum Gasteiger partial charge on any atom is 0.227 e. The summed E-state index contributed by atoms with van der Waals surface area (Å²) in [6.45, 7) is 9.64.